The second-order valence-corrected chi connectivity index (χ2v) is 6.17. The number of hydrogen-bond acceptors (Lipinski definition) is 4. The molecule has 0 radical (unpaired) electrons. The summed E-state index contributed by atoms with van der Waals surface area (Å²) in [5.74, 6) is 1.11. The second kappa shape index (κ2) is 13.5. The lowest BCUT2D eigenvalue weighted by atomic mass is 10.1. The quantitative estimate of drug-likeness (QED) is 0.253. The molecule has 7 nitrogen and oxygen atoms in total. The van der Waals surface area contributed by atoms with E-state index in [0.29, 0.717) is 44.7 Å². The molecule has 8 heteroatoms. The first kappa shape index (κ1) is 23.2. The van der Waals surface area contributed by atoms with Crippen molar-refractivity contribution in [3.05, 3.63) is 0 Å². The zero-order valence-corrected chi connectivity index (χ0v) is 17.5. The van der Waals surface area contributed by atoms with Gasteiger partial charge in [0.05, 0.1) is 19.8 Å². The Hall–Kier alpha value is -0.770. The van der Waals surface area contributed by atoms with Gasteiger partial charge < -0.3 is 25.4 Å². The monoisotopic (exact) mass is 456 g/mol. The Morgan fingerprint density at radius 2 is 2.00 bits per heavy atom. The van der Waals surface area contributed by atoms with Crippen LogP contribution in [-0.2, 0) is 9.47 Å². The Morgan fingerprint density at radius 3 is 2.58 bits per heavy atom. The number of aliphatic imine (C=N–C) groups is 1. The fourth-order valence-electron chi connectivity index (χ4n) is 2.33. The fourth-order valence-corrected chi connectivity index (χ4v) is 2.33. The van der Waals surface area contributed by atoms with Gasteiger partial charge in [0.25, 0.3) is 0 Å². The van der Waals surface area contributed by atoms with E-state index in [4.69, 9.17) is 15.2 Å². The molecular weight excluding hydrogens is 423 g/mol. The molecule has 0 bridgehead atoms. The predicted octanol–water partition coefficient (Wildman–Crippen LogP) is 2.19. The minimum atomic E-state index is -0.230. The molecule has 142 valence electrons. The lowest BCUT2D eigenvalue weighted by Crippen LogP contribution is -2.48. The van der Waals surface area contributed by atoms with Crippen LogP contribution in [0.15, 0.2) is 4.99 Å². The van der Waals surface area contributed by atoms with Gasteiger partial charge in [-0.2, -0.15) is 0 Å². The van der Waals surface area contributed by atoms with Crippen LogP contribution in [0.3, 0.4) is 0 Å². The smallest absolute Gasteiger partial charge is 0.409 e. The molecule has 0 unspecified atom stereocenters. The van der Waals surface area contributed by atoms with Gasteiger partial charge in [0.2, 0.25) is 0 Å². The van der Waals surface area contributed by atoms with Crippen LogP contribution < -0.4 is 11.1 Å². The normalized spacial score (nSPS) is 16.0. The summed E-state index contributed by atoms with van der Waals surface area (Å²) < 4.78 is 10.5. The van der Waals surface area contributed by atoms with E-state index in [2.05, 4.69) is 24.2 Å². The number of likely N-dealkylation sites (tertiary alicyclic amines) is 1. The first-order valence-corrected chi connectivity index (χ1v) is 8.58. The number of rotatable bonds is 8. The van der Waals surface area contributed by atoms with Crippen molar-refractivity contribution in [1.82, 2.24) is 10.2 Å². The van der Waals surface area contributed by atoms with Crippen molar-refractivity contribution in [2.45, 2.75) is 46.1 Å². The van der Waals surface area contributed by atoms with Gasteiger partial charge in [-0.3, -0.25) is 4.99 Å². The van der Waals surface area contributed by atoms with Crippen molar-refractivity contribution >= 4 is 36.0 Å². The maximum atomic E-state index is 11.6. The summed E-state index contributed by atoms with van der Waals surface area (Å²) in [5.41, 5.74) is 5.89. The average molecular weight is 456 g/mol. The molecule has 3 N–H and O–H groups in total. The molecule has 1 heterocycles. The number of ether oxygens (including phenoxy) is 2. The van der Waals surface area contributed by atoms with Crippen molar-refractivity contribution in [2.75, 3.05) is 39.5 Å². The summed E-state index contributed by atoms with van der Waals surface area (Å²) in [5, 5.41) is 3.21. The van der Waals surface area contributed by atoms with Gasteiger partial charge in [0, 0.05) is 25.7 Å². The van der Waals surface area contributed by atoms with Gasteiger partial charge in [-0.15, -0.1) is 24.0 Å². The summed E-state index contributed by atoms with van der Waals surface area (Å²) >= 11 is 0. The lowest BCUT2D eigenvalue weighted by Gasteiger charge is -2.31. The number of nitrogens with zero attached hydrogens (tertiary/aromatic N) is 2. The van der Waals surface area contributed by atoms with Crippen LogP contribution in [0, 0.1) is 5.92 Å². The lowest BCUT2D eigenvalue weighted by molar-refractivity contribution is 0.0963. The van der Waals surface area contributed by atoms with E-state index in [1.807, 2.05) is 6.92 Å². The topological polar surface area (TPSA) is 89.2 Å². The maximum Gasteiger partial charge on any atom is 0.409 e. The minimum Gasteiger partial charge on any atom is -0.450 e. The van der Waals surface area contributed by atoms with Crippen molar-refractivity contribution in [3.8, 4) is 0 Å². The third-order valence-electron chi connectivity index (χ3n) is 3.73. The first-order chi connectivity index (χ1) is 11.0. The number of carbonyl (C=O) groups excluding carboxylic acids is 1. The summed E-state index contributed by atoms with van der Waals surface area (Å²) in [6, 6.07) is 0.256. The standard InChI is InChI=1S/C16H32N4O3.HI/c1-4-23-16(21)20-9-5-14(6-10-20)19-15(17)18-8-12-22-11-7-13(2)3;/h13-14H,4-12H2,1-3H3,(H3,17,18,19);1H. The van der Waals surface area contributed by atoms with E-state index < -0.39 is 0 Å². The van der Waals surface area contributed by atoms with Crippen molar-refractivity contribution in [2.24, 2.45) is 16.6 Å². The number of halogens is 1. The third kappa shape index (κ3) is 10.2. The Bertz CT molecular complexity index is 372. The molecule has 1 amide bonds. The van der Waals surface area contributed by atoms with Crippen LogP contribution in [0.25, 0.3) is 0 Å². The van der Waals surface area contributed by atoms with E-state index in [1.54, 1.807) is 4.90 Å². The van der Waals surface area contributed by atoms with Crippen LogP contribution in [0.1, 0.15) is 40.0 Å². The molecule has 0 aliphatic carbocycles. The third-order valence-corrected chi connectivity index (χ3v) is 3.73. The highest BCUT2D eigenvalue weighted by atomic mass is 127. The van der Waals surface area contributed by atoms with Crippen LogP contribution in [0.5, 0.6) is 0 Å². The Balaban J connectivity index is 0.00000529. The number of guanidine groups is 1. The van der Waals surface area contributed by atoms with E-state index >= 15 is 0 Å². The predicted molar refractivity (Wildman–Crippen MR) is 107 cm³/mol. The van der Waals surface area contributed by atoms with E-state index in [9.17, 15) is 4.79 Å². The molecule has 0 aromatic heterocycles. The number of hydrogen-bond donors (Lipinski definition) is 2. The Morgan fingerprint density at radius 1 is 1.33 bits per heavy atom. The molecule has 1 aliphatic heterocycles. The van der Waals surface area contributed by atoms with Gasteiger partial charge in [-0.05, 0) is 32.1 Å². The first-order valence-electron chi connectivity index (χ1n) is 8.58. The van der Waals surface area contributed by atoms with E-state index in [0.717, 1.165) is 25.9 Å². The number of amides is 1. The van der Waals surface area contributed by atoms with E-state index in [-0.39, 0.29) is 36.1 Å². The number of nitrogens with one attached hydrogen (secondary N) is 1. The van der Waals surface area contributed by atoms with Gasteiger partial charge in [0.1, 0.15) is 0 Å². The van der Waals surface area contributed by atoms with Crippen molar-refractivity contribution < 1.29 is 14.3 Å². The Labute approximate surface area is 162 Å². The highest BCUT2D eigenvalue weighted by molar-refractivity contribution is 14.0. The molecule has 1 saturated heterocycles. The SMILES string of the molecule is CCOC(=O)N1CCC(NC(N)=NCCOCCC(C)C)CC1.I. The zero-order chi connectivity index (χ0) is 17.1. The number of piperidine rings is 1. The van der Waals surface area contributed by atoms with Crippen molar-refractivity contribution in [1.29, 1.82) is 0 Å². The highest BCUT2D eigenvalue weighted by Gasteiger charge is 2.23. The zero-order valence-electron chi connectivity index (χ0n) is 15.1. The highest BCUT2D eigenvalue weighted by Crippen LogP contribution is 2.11. The fraction of sp³-hybridized carbons (Fsp3) is 0.875. The maximum absolute atomic E-state index is 11.6. The molecular formula is C16H33IN4O3. The van der Waals surface area contributed by atoms with Crippen LogP contribution in [0.4, 0.5) is 4.79 Å². The second-order valence-electron chi connectivity index (χ2n) is 6.17. The summed E-state index contributed by atoms with van der Waals surface area (Å²) in [7, 11) is 0. The van der Waals surface area contributed by atoms with Crippen molar-refractivity contribution in [3.63, 3.8) is 0 Å². The summed E-state index contributed by atoms with van der Waals surface area (Å²) in [6.07, 6.45) is 2.53. The molecule has 1 fully saturated rings. The molecule has 1 aliphatic rings. The number of carbonyl (C=O) groups is 1. The van der Waals surface area contributed by atoms with Gasteiger partial charge in [-0.1, -0.05) is 13.8 Å². The molecule has 24 heavy (non-hydrogen) atoms. The molecule has 0 saturated carbocycles. The molecule has 0 aromatic carbocycles. The molecule has 1 rings (SSSR count). The van der Waals surface area contributed by atoms with Crippen LogP contribution in [0.2, 0.25) is 0 Å². The van der Waals surface area contributed by atoms with E-state index in [1.165, 1.54) is 0 Å². The molecule has 0 spiro atoms. The minimum absolute atomic E-state index is 0. The summed E-state index contributed by atoms with van der Waals surface area (Å²) in [6.45, 7) is 9.88. The molecule has 0 aromatic rings. The van der Waals surface area contributed by atoms with Crippen LogP contribution in [-0.4, -0.2) is 62.4 Å². The average Bonchev–Trinajstić information content (AvgIpc) is 2.51. The summed E-state index contributed by atoms with van der Waals surface area (Å²) in [4.78, 5) is 17.6. The Kier molecular flexibility index (Phi) is 13.1. The van der Waals surface area contributed by atoms with Gasteiger partial charge in [-0.25, -0.2) is 4.79 Å². The number of nitrogens with two attached hydrogens (primary N) is 1. The van der Waals surface area contributed by atoms with Crippen LogP contribution >= 0.6 is 24.0 Å². The molecule has 0 atom stereocenters. The van der Waals surface area contributed by atoms with Gasteiger partial charge >= 0.3 is 6.09 Å². The van der Waals surface area contributed by atoms with Gasteiger partial charge in [0.15, 0.2) is 5.96 Å². The largest absolute Gasteiger partial charge is 0.450 e.